The molecule has 2 aromatic rings. The first-order chi connectivity index (χ1) is 9.11. The molecule has 96 valence electrons. The van der Waals surface area contributed by atoms with Gasteiger partial charge in [-0.2, -0.15) is 5.26 Å². The molecule has 0 aliphatic carbocycles. The third-order valence-electron chi connectivity index (χ3n) is 2.98. The fourth-order valence-electron chi connectivity index (χ4n) is 1.77. The van der Waals surface area contributed by atoms with Crippen molar-refractivity contribution in [3.05, 3.63) is 53.7 Å². The SMILES string of the molecule is C[C@@H](O)c1ccnc(N(C)c2ccc(C#N)cc2)c1. The maximum atomic E-state index is 9.59. The van der Waals surface area contributed by atoms with Gasteiger partial charge < -0.3 is 10.0 Å². The molecule has 1 aromatic heterocycles. The van der Waals surface area contributed by atoms with Crippen LogP contribution in [-0.4, -0.2) is 17.1 Å². The molecule has 0 fully saturated rings. The van der Waals surface area contributed by atoms with Crippen molar-refractivity contribution in [1.82, 2.24) is 4.98 Å². The van der Waals surface area contributed by atoms with Gasteiger partial charge in [0.05, 0.1) is 17.7 Å². The molecule has 0 aliphatic heterocycles. The van der Waals surface area contributed by atoms with Gasteiger partial charge in [-0.1, -0.05) is 0 Å². The fraction of sp³-hybridized carbons (Fsp3) is 0.200. The van der Waals surface area contributed by atoms with Gasteiger partial charge in [-0.05, 0) is 48.9 Å². The summed E-state index contributed by atoms with van der Waals surface area (Å²) in [6.07, 6.45) is 1.16. The molecule has 0 saturated carbocycles. The summed E-state index contributed by atoms with van der Waals surface area (Å²) >= 11 is 0. The van der Waals surface area contributed by atoms with E-state index >= 15 is 0 Å². The molecule has 4 nitrogen and oxygen atoms in total. The molecule has 19 heavy (non-hydrogen) atoms. The summed E-state index contributed by atoms with van der Waals surface area (Å²) in [6, 6.07) is 13.0. The van der Waals surface area contributed by atoms with Crippen LogP contribution in [-0.2, 0) is 0 Å². The number of pyridine rings is 1. The zero-order chi connectivity index (χ0) is 13.8. The normalized spacial score (nSPS) is 11.7. The van der Waals surface area contributed by atoms with Gasteiger partial charge in [0.1, 0.15) is 5.82 Å². The molecule has 1 atom stereocenters. The van der Waals surface area contributed by atoms with Gasteiger partial charge in [-0.15, -0.1) is 0 Å². The van der Waals surface area contributed by atoms with E-state index in [0.717, 1.165) is 17.1 Å². The van der Waals surface area contributed by atoms with Crippen molar-refractivity contribution >= 4 is 11.5 Å². The number of hydrogen-bond donors (Lipinski definition) is 1. The number of nitriles is 1. The molecule has 0 aliphatic rings. The molecule has 1 aromatic carbocycles. The third-order valence-corrected chi connectivity index (χ3v) is 2.98. The van der Waals surface area contributed by atoms with Gasteiger partial charge in [-0.3, -0.25) is 0 Å². The molecular formula is C15H15N3O. The lowest BCUT2D eigenvalue weighted by Crippen LogP contribution is -2.11. The Balaban J connectivity index is 2.30. The van der Waals surface area contributed by atoms with Crippen LogP contribution < -0.4 is 4.90 Å². The highest BCUT2D eigenvalue weighted by molar-refractivity contribution is 5.60. The molecule has 1 heterocycles. The van der Waals surface area contributed by atoms with Crippen LogP contribution in [0.3, 0.4) is 0 Å². The first-order valence-electron chi connectivity index (χ1n) is 5.99. The average molecular weight is 253 g/mol. The summed E-state index contributed by atoms with van der Waals surface area (Å²) in [4.78, 5) is 6.20. The van der Waals surface area contributed by atoms with E-state index in [1.807, 2.05) is 30.1 Å². The lowest BCUT2D eigenvalue weighted by atomic mass is 10.1. The third kappa shape index (κ3) is 2.90. The summed E-state index contributed by atoms with van der Waals surface area (Å²) in [6.45, 7) is 1.72. The fourth-order valence-corrected chi connectivity index (χ4v) is 1.77. The molecule has 0 radical (unpaired) electrons. The highest BCUT2D eigenvalue weighted by Gasteiger charge is 2.08. The summed E-state index contributed by atoms with van der Waals surface area (Å²) in [5, 5.41) is 18.4. The second-order valence-corrected chi connectivity index (χ2v) is 4.34. The number of nitrogens with zero attached hydrogens (tertiary/aromatic N) is 3. The van der Waals surface area contributed by atoms with Gasteiger partial charge in [0.15, 0.2) is 0 Å². The maximum Gasteiger partial charge on any atom is 0.133 e. The van der Waals surface area contributed by atoms with Crippen molar-refractivity contribution in [3.63, 3.8) is 0 Å². The monoisotopic (exact) mass is 253 g/mol. The van der Waals surface area contributed by atoms with Crippen LogP contribution in [0.4, 0.5) is 11.5 Å². The Morgan fingerprint density at radius 3 is 2.53 bits per heavy atom. The topological polar surface area (TPSA) is 60.2 Å². The Morgan fingerprint density at radius 1 is 1.26 bits per heavy atom. The number of benzene rings is 1. The van der Waals surface area contributed by atoms with Gasteiger partial charge in [0, 0.05) is 18.9 Å². The summed E-state index contributed by atoms with van der Waals surface area (Å²) < 4.78 is 0. The number of aliphatic hydroxyl groups excluding tert-OH is 1. The summed E-state index contributed by atoms with van der Waals surface area (Å²) in [7, 11) is 1.90. The van der Waals surface area contributed by atoms with E-state index in [-0.39, 0.29) is 0 Å². The van der Waals surface area contributed by atoms with Gasteiger partial charge in [-0.25, -0.2) is 4.98 Å². The van der Waals surface area contributed by atoms with Crippen molar-refractivity contribution < 1.29 is 5.11 Å². The highest BCUT2D eigenvalue weighted by Crippen LogP contribution is 2.24. The van der Waals surface area contributed by atoms with E-state index in [4.69, 9.17) is 5.26 Å². The molecule has 0 spiro atoms. The van der Waals surface area contributed by atoms with Gasteiger partial charge >= 0.3 is 0 Å². The number of rotatable bonds is 3. The quantitative estimate of drug-likeness (QED) is 0.913. The molecule has 1 N–H and O–H groups in total. The number of anilines is 2. The summed E-state index contributed by atoms with van der Waals surface area (Å²) in [5.74, 6) is 0.753. The molecule has 0 amide bonds. The van der Waals surface area contributed by atoms with E-state index < -0.39 is 6.10 Å². The first-order valence-corrected chi connectivity index (χ1v) is 5.99. The molecular weight excluding hydrogens is 238 g/mol. The minimum atomic E-state index is -0.517. The van der Waals surface area contributed by atoms with Gasteiger partial charge in [0.2, 0.25) is 0 Å². The van der Waals surface area contributed by atoms with Crippen molar-refractivity contribution in [2.45, 2.75) is 13.0 Å². The second kappa shape index (κ2) is 5.51. The molecule has 0 saturated heterocycles. The number of hydrogen-bond acceptors (Lipinski definition) is 4. The van der Waals surface area contributed by atoms with Crippen molar-refractivity contribution in [2.75, 3.05) is 11.9 Å². The van der Waals surface area contributed by atoms with Crippen molar-refractivity contribution in [2.24, 2.45) is 0 Å². The number of aliphatic hydroxyl groups is 1. The van der Waals surface area contributed by atoms with Gasteiger partial charge in [0.25, 0.3) is 0 Å². The molecule has 4 heteroatoms. The van der Waals surface area contributed by atoms with E-state index in [9.17, 15) is 5.11 Å². The predicted octanol–water partition coefficient (Wildman–Crippen LogP) is 2.77. The predicted molar refractivity (Wildman–Crippen MR) is 74.1 cm³/mol. The first kappa shape index (κ1) is 13.1. The van der Waals surface area contributed by atoms with Crippen LogP contribution in [0, 0.1) is 11.3 Å². The van der Waals surface area contributed by atoms with Crippen molar-refractivity contribution in [3.8, 4) is 6.07 Å². The standard InChI is InChI=1S/C15H15N3O/c1-11(19)13-7-8-17-15(9-13)18(2)14-5-3-12(10-16)4-6-14/h3-9,11,19H,1-2H3/t11-/m1/s1. The van der Waals surface area contributed by atoms with Crippen LogP contribution in [0.2, 0.25) is 0 Å². The van der Waals surface area contributed by atoms with E-state index in [0.29, 0.717) is 5.56 Å². The molecule has 2 rings (SSSR count). The number of aromatic nitrogens is 1. The lowest BCUT2D eigenvalue weighted by molar-refractivity contribution is 0.199. The zero-order valence-electron chi connectivity index (χ0n) is 10.9. The molecule has 0 unspecified atom stereocenters. The Labute approximate surface area is 112 Å². The van der Waals surface area contributed by atoms with Crippen LogP contribution >= 0.6 is 0 Å². The molecule has 0 bridgehead atoms. The van der Waals surface area contributed by atoms with E-state index in [2.05, 4.69) is 11.1 Å². The summed E-state index contributed by atoms with van der Waals surface area (Å²) in [5.41, 5.74) is 2.39. The smallest absolute Gasteiger partial charge is 0.133 e. The Hall–Kier alpha value is -2.38. The Morgan fingerprint density at radius 2 is 1.95 bits per heavy atom. The Bertz CT molecular complexity index is 600. The minimum Gasteiger partial charge on any atom is -0.389 e. The van der Waals surface area contributed by atoms with Crippen LogP contribution in [0.5, 0.6) is 0 Å². The van der Waals surface area contributed by atoms with E-state index in [1.54, 1.807) is 31.3 Å². The van der Waals surface area contributed by atoms with E-state index in [1.165, 1.54) is 0 Å². The highest BCUT2D eigenvalue weighted by atomic mass is 16.3. The Kier molecular flexibility index (Phi) is 3.79. The minimum absolute atomic E-state index is 0.517. The maximum absolute atomic E-state index is 9.59. The van der Waals surface area contributed by atoms with Crippen LogP contribution in [0.15, 0.2) is 42.6 Å². The largest absolute Gasteiger partial charge is 0.389 e. The zero-order valence-corrected chi connectivity index (χ0v) is 10.9. The average Bonchev–Trinajstić information content (AvgIpc) is 2.46. The lowest BCUT2D eigenvalue weighted by Gasteiger charge is -2.19. The second-order valence-electron chi connectivity index (χ2n) is 4.34. The van der Waals surface area contributed by atoms with Crippen LogP contribution in [0.25, 0.3) is 0 Å². The van der Waals surface area contributed by atoms with Crippen LogP contribution in [0.1, 0.15) is 24.2 Å². The van der Waals surface area contributed by atoms with Crippen molar-refractivity contribution in [1.29, 1.82) is 5.26 Å².